The summed E-state index contributed by atoms with van der Waals surface area (Å²) < 4.78 is 5.51. The second-order valence-corrected chi connectivity index (χ2v) is 3.55. The Labute approximate surface area is 78.3 Å². The highest BCUT2D eigenvalue weighted by Crippen LogP contribution is 2.39. The molecule has 1 fully saturated rings. The normalized spacial score (nSPS) is 25.4. The van der Waals surface area contributed by atoms with E-state index in [2.05, 4.69) is 24.9 Å². The zero-order valence-corrected chi connectivity index (χ0v) is 7.90. The molecule has 0 N–H and O–H groups in total. The van der Waals surface area contributed by atoms with E-state index < -0.39 is 0 Å². The third-order valence-corrected chi connectivity index (χ3v) is 2.06. The number of rotatable bonds is 2. The van der Waals surface area contributed by atoms with Gasteiger partial charge in [-0.2, -0.15) is 0 Å². The van der Waals surface area contributed by atoms with Gasteiger partial charge in [-0.3, -0.25) is 4.98 Å². The van der Waals surface area contributed by atoms with Crippen molar-refractivity contribution >= 4 is 0 Å². The summed E-state index contributed by atoms with van der Waals surface area (Å²) >= 11 is 0. The van der Waals surface area contributed by atoms with E-state index in [-0.39, 0.29) is 12.2 Å². The van der Waals surface area contributed by atoms with Crippen LogP contribution in [0, 0.1) is 0 Å². The standard InChI is InChI=1S/C11H13NO/c1-8(2)7-10-11(13-10)9-3-5-12-6-4-9/h3-7,10-11H,1-2H3. The van der Waals surface area contributed by atoms with E-state index in [0.717, 1.165) is 0 Å². The van der Waals surface area contributed by atoms with Crippen LogP contribution in [-0.4, -0.2) is 11.1 Å². The third kappa shape index (κ3) is 1.95. The highest BCUT2D eigenvalue weighted by molar-refractivity contribution is 5.23. The minimum Gasteiger partial charge on any atom is -0.360 e. The Morgan fingerprint density at radius 2 is 2.08 bits per heavy atom. The molecule has 1 aliphatic rings. The number of hydrogen-bond acceptors (Lipinski definition) is 2. The van der Waals surface area contributed by atoms with Gasteiger partial charge < -0.3 is 4.74 Å². The average Bonchev–Trinajstić information content (AvgIpc) is 2.84. The van der Waals surface area contributed by atoms with Crippen molar-refractivity contribution in [3.8, 4) is 0 Å². The molecule has 1 aliphatic heterocycles. The Hall–Kier alpha value is -1.15. The van der Waals surface area contributed by atoms with E-state index in [0.29, 0.717) is 0 Å². The summed E-state index contributed by atoms with van der Waals surface area (Å²) in [6.07, 6.45) is 6.31. The van der Waals surface area contributed by atoms with Gasteiger partial charge in [0.2, 0.25) is 0 Å². The molecule has 0 spiro atoms. The van der Waals surface area contributed by atoms with Gasteiger partial charge in [-0.15, -0.1) is 0 Å². The van der Waals surface area contributed by atoms with Crippen molar-refractivity contribution < 1.29 is 4.74 Å². The maximum Gasteiger partial charge on any atom is 0.113 e. The van der Waals surface area contributed by atoms with Gasteiger partial charge in [-0.05, 0) is 31.5 Å². The average molecular weight is 175 g/mol. The summed E-state index contributed by atoms with van der Waals surface area (Å²) in [4.78, 5) is 3.97. The number of hydrogen-bond donors (Lipinski definition) is 0. The first-order valence-electron chi connectivity index (χ1n) is 4.48. The van der Waals surface area contributed by atoms with Crippen LogP contribution < -0.4 is 0 Å². The van der Waals surface area contributed by atoms with Crippen molar-refractivity contribution in [3.05, 3.63) is 41.7 Å². The summed E-state index contributed by atoms with van der Waals surface area (Å²) in [5.41, 5.74) is 2.53. The van der Waals surface area contributed by atoms with E-state index >= 15 is 0 Å². The van der Waals surface area contributed by atoms with Crippen LogP contribution in [0.4, 0.5) is 0 Å². The van der Waals surface area contributed by atoms with Gasteiger partial charge in [-0.25, -0.2) is 0 Å². The van der Waals surface area contributed by atoms with Gasteiger partial charge in [0.1, 0.15) is 12.2 Å². The topological polar surface area (TPSA) is 25.4 Å². The van der Waals surface area contributed by atoms with E-state index in [1.54, 1.807) is 12.4 Å². The summed E-state index contributed by atoms with van der Waals surface area (Å²) in [6, 6.07) is 4.01. The van der Waals surface area contributed by atoms with Crippen LogP contribution in [0.3, 0.4) is 0 Å². The Balaban J connectivity index is 2.05. The maximum atomic E-state index is 5.51. The predicted molar refractivity (Wildman–Crippen MR) is 51.3 cm³/mol. The number of aromatic nitrogens is 1. The largest absolute Gasteiger partial charge is 0.360 e. The monoisotopic (exact) mass is 175 g/mol. The van der Waals surface area contributed by atoms with Crippen LogP contribution in [0.5, 0.6) is 0 Å². The molecular weight excluding hydrogens is 162 g/mol. The minimum atomic E-state index is 0.262. The second kappa shape index (κ2) is 3.30. The Bertz CT molecular complexity index is 314. The number of allylic oxidation sites excluding steroid dienone is 1. The SMILES string of the molecule is CC(C)=CC1OC1c1ccncc1. The first-order valence-corrected chi connectivity index (χ1v) is 4.48. The fraction of sp³-hybridized carbons (Fsp3) is 0.364. The number of nitrogens with zero attached hydrogens (tertiary/aromatic N) is 1. The molecular formula is C11H13NO. The maximum absolute atomic E-state index is 5.51. The van der Waals surface area contributed by atoms with E-state index in [1.165, 1.54) is 11.1 Å². The molecule has 2 unspecified atom stereocenters. The van der Waals surface area contributed by atoms with Crippen LogP contribution in [0.1, 0.15) is 25.5 Å². The van der Waals surface area contributed by atoms with Crippen molar-refractivity contribution in [1.82, 2.24) is 4.98 Å². The Morgan fingerprint density at radius 3 is 2.69 bits per heavy atom. The number of ether oxygens (including phenoxy) is 1. The molecule has 0 amide bonds. The van der Waals surface area contributed by atoms with Gasteiger partial charge in [0.25, 0.3) is 0 Å². The van der Waals surface area contributed by atoms with Crippen LogP contribution in [0.15, 0.2) is 36.2 Å². The lowest BCUT2D eigenvalue weighted by atomic mass is 10.1. The van der Waals surface area contributed by atoms with Crippen LogP contribution in [0.25, 0.3) is 0 Å². The fourth-order valence-corrected chi connectivity index (χ4v) is 1.40. The third-order valence-electron chi connectivity index (χ3n) is 2.06. The van der Waals surface area contributed by atoms with E-state index in [1.807, 2.05) is 12.1 Å². The van der Waals surface area contributed by atoms with Gasteiger partial charge in [0.05, 0.1) is 0 Å². The highest BCUT2D eigenvalue weighted by Gasteiger charge is 2.37. The summed E-state index contributed by atoms with van der Waals surface area (Å²) in [7, 11) is 0. The zero-order chi connectivity index (χ0) is 9.26. The van der Waals surface area contributed by atoms with Crippen molar-refractivity contribution in [2.75, 3.05) is 0 Å². The molecule has 0 radical (unpaired) electrons. The quantitative estimate of drug-likeness (QED) is 0.509. The van der Waals surface area contributed by atoms with Crippen molar-refractivity contribution in [1.29, 1.82) is 0 Å². The summed E-state index contributed by atoms with van der Waals surface area (Å²) in [5.74, 6) is 0. The molecule has 2 rings (SSSR count). The Kier molecular flexibility index (Phi) is 2.15. The second-order valence-electron chi connectivity index (χ2n) is 3.55. The molecule has 2 nitrogen and oxygen atoms in total. The van der Waals surface area contributed by atoms with E-state index in [4.69, 9.17) is 4.74 Å². The van der Waals surface area contributed by atoms with Gasteiger partial charge in [-0.1, -0.05) is 11.6 Å². The summed E-state index contributed by atoms with van der Waals surface area (Å²) in [6.45, 7) is 4.18. The first-order chi connectivity index (χ1) is 6.27. The highest BCUT2D eigenvalue weighted by atomic mass is 16.6. The predicted octanol–water partition coefficient (Wildman–Crippen LogP) is 2.49. The first kappa shape index (κ1) is 8.45. The Morgan fingerprint density at radius 1 is 1.38 bits per heavy atom. The molecule has 1 saturated heterocycles. The molecule has 2 atom stereocenters. The zero-order valence-electron chi connectivity index (χ0n) is 7.90. The molecule has 68 valence electrons. The lowest BCUT2D eigenvalue weighted by Crippen LogP contribution is -1.85. The van der Waals surface area contributed by atoms with Gasteiger partial charge in [0, 0.05) is 12.4 Å². The fourth-order valence-electron chi connectivity index (χ4n) is 1.40. The molecule has 1 aromatic heterocycles. The lowest BCUT2D eigenvalue weighted by Gasteiger charge is -1.91. The number of pyridine rings is 1. The smallest absolute Gasteiger partial charge is 0.113 e. The molecule has 1 aromatic rings. The molecule has 2 heteroatoms. The molecule has 0 bridgehead atoms. The van der Waals surface area contributed by atoms with Crippen LogP contribution in [-0.2, 0) is 4.74 Å². The molecule has 0 aliphatic carbocycles. The van der Waals surface area contributed by atoms with Crippen molar-refractivity contribution in [2.24, 2.45) is 0 Å². The van der Waals surface area contributed by atoms with E-state index in [9.17, 15) is 0 Å². The molecule has 0 saturated carbocycles. The van der Waals surface area contributed by atoms with Crippen LogP contribution in [0.2, 0.25) is 0 Å². The number of epoxide rings is 1. The molecule has 13 heavy (non-hydrogen) atoms. The molecule has 2 heterocycles. The van der Waals surface area contributed by atoms with Crippen molar-refractivity contribution in [3.63, 3.8) is 0 Å². The lowest BCUT2D eigenvalue weighted by molar-refractivity contribution is 0.393. The summed E-state index contributed by atoms with van der Waals surface area (Å²) in [5, 5.41) is 0. The van der Waals surface area contributed by atoms with Gasteiger partial charge >= 0.3 is 0 Å². The van der Waals surface area contributed by atoms with Crippen molar-refractivity contribution in [2.45, 2.75) is 26.1 Å². The minimum absolute atomic E-state index is 0.262. The molecule has 0 aromatic carbocycles. The van der Waals surface area contributed by atoms with Gasteiger partial charge in [0.15, 0.2) is 0 Å². The van der Waals surface area contributed by atoms with Crippen LogP contribution >= 0.6 is 0 Å².